The zero-order valence-corrected chi connectivity index (χ0v) is 23.8. The molecule has 2 aromatic carbocycles. The topological polar surface area (TPSA) is 117 Å². The Labute approximate surface area is 253 Å². The number of benzene rings is 2. The fraction of sp³-hybridized carbons (Fsp3) is 0.250. The molecule has 1 aliphatic heterocycles. The van der Waals surface area contributed by atoms with Crippen LogP contribution in [0.2, 0.25) is 0 Å². The molecule has 6 aromatic rings. The molecule has 2 aliphatic rings. The lowest BCUT2D eigenvalue weighted by molar-refractivity contribution is -0.140. The van der Waals surface area contributed by atoms with Crippen molar-refractivity contribution in [1.82, 2.24) is 34.1 Å². The molecule has 1 fully saturated rings. The first-order valence-electron chi connectivity index (χ1n) is 14.3. The summed E-state index contributed by atoms with van der Waals surface area (Å²) in [5.41, 5.74) is 3.80. The van der Waals surface area contributed by atoms with Crippen molar-refractivity contribution >= 4 is 21.9 Å². The number of aromatic nitrogens is 7. The van der Waals surface area contributed by atoms with Gasteiger partial charge in [0.15, 0.2) is 11.5 Å². The molecule has 0 amide bonds. The summed E-state index contributed by atoms with van der Waals surface area (Å²) in [6.45, 7) is 0.766. The Bertz CT molecular complexity index is 2190. The first-order valence-corrected chi connectivity index (χ1v) is 14.3. The highest BCUT2D eigenvalue weighted by Crippen LogP contribution is 2.45. The molecular weight excluding hydrogens is 585 g/mol. The number of rotatable bonds is 5. The second-order valence-electron chi connectivity index (χ2n) is 11.1. The predicted molar refractivity (Wildman–Crippen MR) is 157 cm³/mol. The van der Waals surface area contributed by atoms with Crippen molar-refractivity contribution in [2.45, 2.75) is 38.0 Å². The van der Waals surface area contributed by atoms with Crippen molar-refractivity contribution in [3.05, 3.63) is 77.6 Å². The molecule has 0 unspecified atom stereocenters. The third-order valence-electron chi connectivity index (χ3n) is 8.24. The molecule has 0 saturated heterocycles. The Morgan fingerprint density at radius 1 is 1.07 bits per heavy atom. The van der Waals surface area contributed by atoms with Gasteiger partial charge in [-0.3, -0.25) is 0 Å². The van der Waals surface area contributed by atoms with E-state index in [2.05, 4.69) is 21.0 Å². The number of fused-ring (bicyclic) bond motifs is 6. The number of methoxy groups -OCH3 is 1. The molecule has 0 atom stereocenters. The molecule has 1 aliphatic carbocycles. The van der Waals surface area contributed by atoms with Gasteiger partial charge in [0.25, 0.3) is 0 Å². The van der Waals surface area contributed by atoms with Crippen LogP contribution in [0.15, 0.2) is 55.1 Å². The number of halogens is 3. The molecular formula is C32H23F3N8O2. The van der Waals surface area contributed by atoms with E-state index in [0.29, 0.717) is 52.3 Å². The van der Waals surface area contributed by atoms with E-state index in [1.807, 2.05) is 28.8 Å². The van der Waals surface area contributed by atoms with E-state index in [1.165, 1.54) is 10.9 Å². The number of hydrogen-bond donors (Lipinski definition) is 0. The summed E-state index contributed by atoms with van der Waals surface area (Å²) in [4.78, 5) is 22.5. The summed E-state index contributed by atoms with van der Waals surface area (Å²) in [6.07, 6.45) is 1.77. The number of nitriles is 1. The Hall–Kier alpha value is -5.51. The molecule has 1 saturated carbocycles. The van der Waals surface area contributed by atoms with E-state index in [-0.39, 0.29) is 19.0 Å². The maximum atomic E-state index is 13.4. The monoisotopic (exact) mass is 608 g/mol. The predicted octanol–water partition coefficient (Wildman–Crippen LogP) is 6.12. The first kappa shape index (κ1) is 27.1. The zero-order chi connectivity index (χ0) is 30.9. The highest BCUT2D eigenvalue weighted by atomic mass is 19.4. The quantitative estimate of drug-likeness (QED) is 0.230. The molecule has 8 rings (SSSR count). The summed E-state index contributed by atoms with van der Waals surface area (Å²) in [7, 11) is 1.55. The molecule has 13 heteroatoms. The van der Waals surface area contributed by atoms with Crippen LogP contribution in [0.5, 0.6) is 11.6 Å². The Morgan fingerprint density at radius 2 is 1.93 bits per heavy atom. The van der Waals surface area contributed by atoms with E-state index in [0.717, 1.165) is 46.6 Å². The third kappa shape index (κ3) is 4.52. The number of imidazole rings is 1. The Morgan fingerprint density at radius 3 is 2.71 bits per heavy atom. The first-order chi connectivity index (χ1) is 21.8. The van der Waals surface area contributed by atoms with Gasteiger partial charge in [-0.2, -0.15) is 18.4 Å². The van der Waals surface area contributed by atoms with Crippen LogP contribution in [0.4, 0.5) is 13.2 Å². The Balaban J connectivity index is 1.27. The average Bonchev–Trinajstić information content (AvgIpc) is 3.77. The van der Waals surface area contributed by atoms with Crippen LogP contribution in [0.1, 0.15) is 41.3 Å². The van der Waals surface area contributed by atoms with Crippen LogP contribution in [-0.4, -0.2) is 47.8 Å². The van der Waals surface area contributed by atoms with Crippen molar-refractivity contribution in [2.75, 3.05) is 13.7 Å². The molecule has 0 N–H and O–H groups in total. The van der Waals surface area contributed by atoms with Crippen LogP contribution in [0.3, 0.4) is 0 Å². The van der Waals surface area contributed by atoms with Crippen LogP contribution < -0.4 is 9.47 Å². The van der Waals surface area contributed by atoms with Gasteiger partial charge < -0.3 is 18.6 Å². The molecule has 4 aromatic heterocycles. The normalized spacial score (nSPS) is 14.5. The number of nitrogens with zero attached hydrogens (tertiary/aromatic N) is 8. The van der Waals surface area contributed by atoms with E-state index in [4.69, 9.17) is 19.4 Å². The lowest BCUT2D eigenvalue weighted by Crippen LogP contribution is -2.07. The Kier molecular flexibility index (Phi) is 6.03. The van der Waals surface area contributed by atoms with E-state index < -0.39 is 11.9 Å². The molecule has 0 radical (unpaired) electrons. The smallest absolute Gasteiger partial charge is 0.434 e. The number of alkyl halides is 3. The maximum Gasteiger partial charge on any atom is 0.434 e. The van der Waals surface area contributed by atoms with Crippen LogP contribution in [0.25, 0.3) is 44.7 Å². The van der Waals surface area contributed by atoms with Crippen LogP contribution in [0, 0.1) is 11.3 Å². The van der Waals surface area contributed by atoms with Gasteiger partial charge in [-0.25, -0.2) is 24.9 Å². The standard InChI is InChI=1S/C32H23F3N8O2/c1-44-31-26(27(19-4-5-19)38-16-39-31)28-37-13-22-20-6-2-17(12-36)10-23(20)43(30(22)41-28)14-18-3-7-21-24(11-18)45-9-8-42-15-25(32(33,34)35)40-29(21)42/h2-3,6-7,10-11,13,15-16,19H,4-5,8-9,14H2,1H3. The molecule has 224 valence electrons. The lowest BCUT2D eigenvalue weighted by Gasteiger charge is -2.13. The summed E-state index contributed by atoms with van der Waals surface area (Å²) in [5.74, 6) is 1.78. The summed E-state index contributed by atoms with van der Waals surface area (Å²) < 4.78 is 55.3. The molecule has 5 heterocycles. The third-order valence-corrected chi connectivity index (χ3v) is 8.24. The minimum atomic E-state index is -4.55. The minimum Gasteiger partial charge on any atom is -0.491 e. The van der Waals surface area contributed by atoms with E-state index in [9.17, 15) is 18.4 Å². The molecule has 45 heavy (non-hydrogen) atoms. The van der Waals surface area contributed by atoms with Crippen LogP contribution in [-0.2, 0) is 19.3 Å². The van der Waals surface area contributed by atoms with Crippen molar-refractivity contribution < 1.29 is 22.6 Å². The van der Waals surface area contributed by atoms with Crippen molar-refractivity contribution in [3.63, 3.8) is 0 Å². The van der Waals surface area contributed by atoms with Crippen molar-refractivity contribution in [1.29, 1.82) is 5.26 Å². The zero-order valence-electron chi connectivity index (χ0n) is 23.8. The van der Waals surface area contributed by atoms with Gasteiger partial charge in [-0.1, -0.05) is 12.1 Å². The summed E-state index contributed by atoms with van der Waals surface area (Å²) >= 11 is 0. The minimum absolute atomic E-state index is 0.193. The van der Waals surface area contributed by atoms with Crippen molar-refractivity contribution in [2.24, 2.45) is 0 Å². The fourth-order valence-corrected chi connectivity index (χ4v) is 5.97. The lowest BCUT2D eigenvalue weighted by atomic mass is 10.1. The molecule has 0 spiro atoms. The average molecular weight is 609 g/mol. The van der Waals surface area contributed by atoms with Gasteiger partial charge in [-0.05, 0) is 42.7 Å². The SMILES string of the molecule is COc1ncnc(C2CC2)c1-c1ncc2c3ccc(C#N)cc3n(Cc3ccc4c(c3)OCCn3cc(C(F)(F)F)nc3-4)c2n1. The number of ether oxygens (including phenoxy) is 2. The van der Waals surface area contributed by atoms with Gasteiger partial charge in [0.2, 0.25) is 5.88 Å². The van der Waals surface area contributed by atoms with Gasteiger partial charge in [0, 0.05) is 35.6 Å². The largest absolute Gasteiger partial charge is 0.491 e. The summed E-state index contributed by atoms with van der Waals surface area (Å²) in [6, 6.07) is 13.1. The van der Waals surface area contributed by atoms with E-state index in [1.54, 1.807) is 25.4 Å². The number of hydrogen-bond acceptors (Lipinski definition) is 8. The van der Waals surface area contributed by atoms with Crippen LogP contribution >= 0.6 is 0 Å². The highest BCUT2D eigenvalue weighted by Gasteiger charge is 2.36. The second kappa shape index (κ2) is 10.0. The summed E-state index contributed by atoms with van der Waals surface area (Å²) in [5, 5.41) is 11.4. The van der Waals surface area contributed by atoms with Gasteiger partial charge in [-0.15, -0.1) is 0 Å². The van der Waals surface area contributed by atoms with Gasteiger partial charge >= 0.3 is 6.18 Å². The molecule has 0 bridgehead atoms. The maximum absolute atomic E-state index is 13.4. The van der Waals surface area contributed by atoms with Gasteiger partial charge in [0.1, 0.15) is 35.7 Å². The molecule has 10 nitrogen and oxygen atoms in total. The highest BCUT2D eigenvalue weighted by molar-refractivity contribution is 6.07. The van der Waals surface area contributed by atoms with E-state index >= 15 is 0 Å². The second-order valence-corrected chi connectivity index (χ2v) is 11.1. The van der Waals surface area contributed by atoms with Crippen molar-refractivity contribution in [3.8, 4) is 40.5 Å². The fourth-order valence-electron chi connectivity index (χ4n) is 5.97. The van der Waals surface area contributed by atoms with Gasteiger partial charge in [0.05, 0.1) is 42.1 Å².